The molecule has 5 nitrogen and oxygen atoms in total. The number of carbonyl (C=O) groups excluding carboxylic acids is 1. The Kier molecular flexibility index (Phi) is 4.33. The third kappa shape index (κ3) is 3.45. The van der Waals surface area contributed by atoms with Crippen LogP contribution < -0.4 is 5.32 Å². The van der Waals surface area contributed by atoms with Gasteiger partial charge in [-0.3, -0.25) is 4.79 Å². The fraction of sp³-hybridized carbons (Fsp3) is 0.188. The van der Waals surface area contributed by atoms with Gasteiger partial charge in [0, 0.05) is 38.0 Å². The second-order valence-electron chi connectivity index (χ2n) is 4.91. The molecule has 0 heterocycles. The van der Waals surface area contributed by atoms with E-state index in [4.69, 9.17) is 0 Å². The van der Waals surface area contributed by atoms with Gasteiger partial charge in [-0.05, 0) is 24.3 Å². The van der Waals surface area contributed by atoms with Crippen LogP contribution in [0.15, 0.2) is 42.5 Å². The van der Waals surface area contributed by atoms with Crippen molar-refractivity contribution >= 4 is 11.6 Å². The van der Waals surface area contributed by atoms with E-state index in [-0.39, 0.29) is 17.4 Å². The van der Waals surface area contributed by atoms with E-state index < -0.39 is 0 Å². The van der Waals surface area contributed by atoms with Gasteiger partial charge in [-0.15, -0.1) is 0 Å². The predicted octanol–water partition coefficient (Wildman–Crippen LogP) is 2.41. The van der Waals surface area contributed by atoms with Crippen LogP contribution in [-0.4, -0.2) is 35.1 Å². The van der Waals surface area contributed by atoms with Gasteiger partial charge in [0.15, 0.2) is 0 Å². The number of carbonyl (C=O) groups is 1. The molecule has 0 fully saturated rings. The average Bonchev–Trinajstić information content (AvgIpc) is 2.46. The maximum atomic E-state index is 12.1. The molecule has 0 saturated heterocycles. The van der Waals surface area contributed by atoms with Crippen LogP contribution in [0.25, 0.3) is 0 Å². The van der Waals surface area contributed by atoms with Crippen molar-refractivity contribution in [1.29, 1.82) is 0 Å². The summed E-state index contributed by atoms with van der Waals surface area (Å²) in [6, 6.07) is 11.6. The van der Waals surface area contributed by atoms with E-state index in [1.54, 1.807) is 32.3 Å². The topological polar surface area (TPSA) is 72.8 Å². The molecule has 21 heavy (non-hydrogen) atoms. The molecule has 5 heteroatoms. The van der Waals surface area contributed by atoms with Crippen LogP contribution in [0.1, 0.15) is 15.9 Å². The van der Waals surface area contributed by atoms with Crippen LogP contribution in [-0.2, 0) is 6.54 Å². The third-order valence-corrected chi connectivity index (χ3v) is 3.10. The van der Waals surface area contributed by atoms with Crippen molar-refractivity contribution in [2.45, 2.75) is 6.54 Å². The molecule has 2 aromatic rings. The van der Waals surface area contributed by atoms with Gasteiger partial charge in [0.05, 0.1) is 5.56 Å². The molecule has 0 radical (unpaired) electrons. The Bertz CT molecular complexity index is 654. The molecule has 0 spiro atoms. The quantitative estimate of drug-likeness (QED) is 0.807. The number of hydrogen-bond donors (Lipinski definition) is 3. The molecule has 2 aromatic carbocycles. The van der Waals surface area contributed by atoms with Gasteiger partial charge in [0.2, 0.25) is 0 Å². The van der Waals surface area contributed by atoms with E-state index in [0.717, 1.165) is 0 Å². The number of nitrogens with zero attached hydrogens (tertiary/aromatic N) is 1. The number of hydrogen-bond acceptors (Lipinski definition) is 4. The fourth-order valence-corrected chi connectivity index (χ4v) is 1.96. The molecule has 0 bridgehead atoms. The number of phenols is 2. The van der Waals surface area contributed by atoms with Crippen LogP contribution in [0.4, 0.5) is 5.69 Å². The lowest BCUT2D eigenvalue weighted by molar-refractivity contribution is 0.0828. The lowest BCUT2D eigenvalue weighted by Gasteiger charge is -2.15. The zero-order chi connectivity index (χ0) is 15.4. The number of amides is 1. The molecule has 0 saturated carbocycles. The van der Waals surface area contributed by atoms with Crippen LogP contribution >= 0.6 is 0 Å². The Balaban J connectivity index is 2.19. The van der Waals surface area contributed by atoms with Crippen LogP contribution in [0.3, 0.4) is 0 Å². The number of aromatic hydroxyl groups is 2. The second-order valence-corrected chi connectivity index (χ2v) is 4.91. The Hall–Kier alpha value is -2.69. The number of rotatable bonds is 4. The first-order valence-corrected chi connectivity index (χ1v) is 6.54. The first-order valence-electron chi connectivity index (χ1n) is 6.54. The van der Waals surface area contributed by atoms with Crippen LogP contribution in [0.5, 0.6) is 11.5 Å². The Morgan fingerprint density at radius 1 is 1.14 bits per heavy atom. The smallest absolute Gasteiger partial charge is 0.255 e. The van der Waals surface area contributed by atoms with E-state index in [1.165, 1.54) is 17.0 Å². The molecule has 0 atom stereocenters. The molecular weight excluding hydrogens is 268 g/mol. The van der Waals surface area contributed by atoms with Gasteiger partial charge >= 0.3 is 0 Å². The van der Waals surface area contributed by atoms with Gasteiger partial charge in [-0.2, -0.15) is 0 Å². The highest BCUT2D eigenvalue weighted by molar-refractivity contribution is 5.99. The molecule has 0 aliphatic carbocycles. The summed E-state index contributed by atoms with van der Waals surface area (Å²) in [5.41, 5.74) is 1.91. The lowest BCUT2D eigenvalue weighted by atomic mass is 10.1. The summed E-state index contributed by atoms with van der Waals surface area (Å²) in [4.78, 5) is 13.6. The summed E-state index contributed by atoms with van der Waals surface area (Å²) < 4.78 is 0. The number of benzene rings is 2. The molecular formula is C16H18N2O3. The average molecular weight is 286 g/mol. The van der Waals surface area contributed by atoms with Gasteiger partial charge < -0.3 is 20.4 Å². The van der Waals surface area contributed by atoms with Crippen molar-refractivity contribution in [1.82, 2.24) is 4.90 Å². The molecule has 0 aliphatic heterocycles. The Labute approximate surface area is 123 Å². The number of anilines is 1. The highest BCUT2D eigenvalue weighted by atomic mass is 16.3. The monoisotopic (exact) mass is 286 g/mol. The van der Waals surface area contributed by atoms with Crippen LogP contribution in [0.2, 0.25) is 0 Å². The third-order valence-electron chi connectivity index (χ3n) is 3.10. The SMILES string of the molecule is CN(C)C(=O)c1ccccc1NCc1ccc(O)cc1O. The molecule has 0 unspecified atom stereocenters. The van der Waals surface area contributed by atoms with Gasteiger partial charge in [0.1, 0.15) is 11.5 Å². The van der Waals surface area contributed by atoms with E-state index in [0.29, 0.717) is 23.4 Å². The van der Waals surface area contributed by atoms with Crippen molar-refractivity contribution in [3.05, 3.63) is 53.6 Å². The highest BCUT2D eigenvalue weighted by Gasteiger charge is 2.12. The number of phenolic OH excluding ortho intramolecular Hbond substituents is 2. The van der Waals surface area contributed by atoms with Crippen molar-refractivity contribution < 1.29 is 15.0 Å². The van der Waals surface area contributed by atoms with Gasteiger partial charge in [-0.25, -0.2) is 0 Å². The standard InChI is InChI=1S/C16H18N2O3/c1-18(2)16(21)13-5-3-4-6-14(13)17-10-11-7-8-12(19)9-15(11)20/h3-9,17,19-20H,10H2,1-2H3. The van der Waals surface area contributed by atoms with Gasteiger partial charge in [0.25, 0.3) is 5.91 Å². The van der Waals surface area contributed by atoms with E-state index >= 15 is 0 Å². The first kappa shape index (κ1) is 14.7. The Morgan fingerprint density at radius 3 is 2.52 bits per heavy atom. The number of para-hydroxylation sites is 1. The van der Waals surface area contributed by atoms with Crippen LogP contribution in [0, 0.1) is 0 Å². The zero-order valence-electron chi connectivity index (χ0n) is 12.0. The summed E-state index contributed by atoms with van der Waals surface area (Å²) in [5, 5.41) is 22.2. The van der Waals surface area contributed by atoms with E-state index in [1.807, 2.05) is 12.1 Å². The van der Waals surface area contributed by atoms with Crippen molar-refractivity contribution in [3.8, 4) is 11.5 Å². The minimum absolute atomic E-state index is 0.0129. The summed E-state index contributed by atoms with van der Waals surface area (Å²) in [5.74, 6) is -0.0635. The van der Waals surface area contributed by atoms with Crippen molar-refractivity contribution in [3.63, 3.8) is 0 Å². The lowest BCUT2D eigenvalue weighted by Crippen LogP contribution is -2.22. The predicted molar refractivity (Wildman–Crippen MR) is 81.6 cm³/mol. The fourth-order valence-electron chi connectivity index (χ4n) is 1.96. The molecule has 1 amide bonds. The minimum atomic E-state index is -0.0898. The summed E-state index contributed by atoms with van der Waals surface area (Å²) in [6.07, 6.45) is 0. The second kappa shape index (κ2) is 6.17. The maximum absolute atomic E-state index is 12.1. The summed E-state index contributed by atoms with van der Waals surface area (Å²) >= 11 is 0. The van der Waals surface area contributed by atoms with Crippen molar-refractivity contribution in [2.24, 2.45) is 0 Å². The minimum Gasteiger partial charge on any atom is -0.508 e. The van der Waals surface area contributed by atoms with Crippen molar-refractivity contribution in [2.75, 3.05) is 19.4 Å². The molecule has 0 aliphatic rings. The first-order chi connectivity index (χ1) is 9.99. The summed E-state index contributed by atoms with van der Waals surface area (Å²) in [7, 11) is 3.40. The summed E-state index contributed by atoms with van der Waals surface area (Å²) in [6.45, 7) is 0.351. The maximum Gasteiger partial charge on any atom is 0.255 e. The molecule has 3 N–H and O–H groups in total. The zero-order valence-corrected chi connectivity index (χ0v) is 12.0. The van der Waals surface area contributed by atoms with E-state index in [9.17, 15) is 15.0 Å². The molecule has 110 valence electrons. The van der Waals surface area contributed by atoms with Gasteiger partial charge in [-0.1, -0.05) is 12.1 Å². The Morgan fingerprint density at radius 2 is 1.86 bits per heavy atom. The normalized spacial score (nSPS) is 10.2. The largest absolute Gasteiger partial charge is 0.508 e. The highest BCUT2D eigenvalue weighted by Crippen LogP contribution is 2.24. The molecule has 2 rings (SSSR count). The molecule has 0 aromatic heterocycles. The number of nitrogens with one attached hydrogen (secondary N) is 1. The van der Waals surface area contributed by atoms with E-state index in [2.05, 4.69) is 5.32 Å².